The molecule has 0 fully saturated rings. The van der Waals surface area contributed by atoms with Crippen LogP contribution in [0.5, 0.6) is 11.5 Å². The number of sulfonamides is 1. The number of nitrogens with zero attached hydrogens (tertiary/aromatic N) is 1. The lowest BCUT2D eigenvalue weighted by molar-refractivity contribution is 0.471. The van der Waals surface area contributed by atoms with Crippen LogP contribution in [0.4, 0.5) is 5.69 Å². The van der Waals surface area contributed by atoms with Crippen LogP contribution in [0.25, 0.3) is 0 Å². The van der Waals surface area contributed by atoms with Gasteiger partial charge >= 0.3 is 0 Å². The third-order valence-electron chi connectivity index (χ3n) is 4.07. The molecule has 3 aromatic rings. The Balaban J connectivity index is 2.10. The molecule has 0 aliphatic rings. The van der Waals surface area contributed by atoms with Crippen molar-refractivity contribution < 1.29 is 18.6 Å². The molecule has 0 saturated carbocycles. The van der Waals surface area contributed by atoms with Crippen LogP contribution in [0.15, 0.2) is 77.7 Å². The average molecular weight is 369 g/mol. The molecular formula is C20H19NO4S. The van der Waals surface area contributed by atoms with Crippen molar-refractivity contribution in [2.75, 3.05) is 4.31 Å². The van der Waals surface area contributed by atoms with Crippen LogP contribution in [-0.2, 0) is 16.6 Å². The van der Waals surface area contributed by atoms with Gasteiger partial charge in [-0.1, -0.05) is 36.4 Å². The van der Waals surface area contributed by atoms with E-state index in [9.17, 15) is 18.6 Å². The van der Waals surface area contributed by atoms with Gasteiger partial charge in [-0.25, -0.2) is 8.42 Å². The lowest BCUT2D eigenvalue weighted by atomic mass is 10.2. The first-order chi connectivity index (χ1) is 12.4. The van der Waals surface area contributed by atoms with Crippen LogP contribution in [0.3, 0.4) is 0 Å². The first kappa shape index (κ1) is 17.8. The molecule has 134 valence electrons. The van der Waals surface area contributed by atoms with Gasteiger partial charge in [0.05, 0.1) is 17.1 Å². The predicted octanol–water partition coefficient (Wildman–Crippen LogP) is 3.80. The van der Waals surface area contributed by atoms with Gasteiger partial charge < -0.3 is 10.2 Å². The summed E-state index contributed by atoms with van der Waals surface area (Å²) in [4.78, 5) is 0.0614. The number of hydrogen-bond acceptors (Lipinski definition) is 4. The number of anilines is 1. The van der Waals surface area contributed by atoms with Crippen molar-refractivity contribution in [3.05, 3.63) is 83.9 Å². The third-order valence-corrected chi connectivity index (χ3v) is 5.86. The van der Waals surface area contributed by atoms with E-state index < -0.39 is 10.0 Å². The normalized spacial score (nSPS) is 11.3. The van der Waals surface area contributed by atoms with E-state index in [1.807, 2.05) is 30.3 Å². The summed E-state index contributed by atoms with van der Waals surface area (Å²) in [5.74, 6) is 0.0213. The van der Waals surface area contributed by atoms with Gasteiger partial charge in [-0.2, -0.15) is 0 Å². The number of aryl methyl sites for hydroxylation is 1. The zero-order chi connectivity index (χ0) is 18.7. The van der Waals surface area contributed by atoms with Gasteiger partial charge in [0.15, 0.2) is 0 Å². The summed E-state index contributed by atoms with van der Waals surface area (Å²) in [6.07, 6.45) is 0. The van der Waals surface area contributed by atoms with E-state index >= 15 is 0 Å². The minimum atomic E-state index is -3.89. The molecule has 0 spiro atoms. The molecule has 3 aromatic carbocycles. The Hall–Kier alpha value is -2.99. The Kier molecular flexibility index (Phi) is 4.86. The van der Waals surface area contributed by atoms with Gasteiger partial charge in [-0.3, -0.25) is 4.31 Å². The van der Waals surface area contributed by atoms with E-state index in [2.05, 4.69) is 0 Å². The van der Waals surface area contributed by atoms with Crippen molar-refractivity contribution in [2.24, 2.45) is 0 Å². The predicted molar refractivity (Wildman–Crippen MR) is 101 cm³/mol. The van der Waals surface area contributed by atoms with Crippen LogP contribution in [0.2, 0.25) is 0 Å². The second kappa shape index (κ2) is 7.09. The van der Waals surface area contributed by atoms with E-state index in [4.69, 9.17) is 0 Å². The molecule has 0 aromatic heterocycles. The molecular weight excluding hydrogens is 350 g/mol. The Bertz CT molecular complexity index is 1000. The average Bonchev–Trinajstić information content (AvgIpc) is 2.63. The maximum Gasteiger partial charge on any atom is 0.264 e. The molecule has 0 aliphatic carbocycles. The second-order valence-corrected chi connectivity index (χ2v) is 7.82. The van der Waals surface area contributed by atoms with Crippen molar-refractivity contribution in [3.63, 3.8) is 0 Å². The molecule has 6 heteroatoms. The van der Waals surface area contributed by atoms with E-state index in [0.29, 0.717) is 11.3 Å². The van der Waals surface area contributed by atoms with Crippen LogP contribution in [0.1, 0.15) is 11.1 Å². The largest absolute Gasteiger partial charge is 0.508 e. The fourth-order valence-electron chi connectivity index (χ4n) is 2.56. The highest BCUT2D eigenvalue weighted by Crippen LogP contribution is 2.30. The minimum Gasteiger partial charge on any atom is -0.508 e. The summed E-state index contributed by atoms with van der Waals surface area (Å²) in [6, 6.07) is 19.4. The highest BCUT2D eigenvalue weighted by Gasteiger charge is 2.25. The Labute approximate surface area is 152 Å². The maximum absolute atomic E-state index is 13.2. The van der Waals surface area contributed by atoms with Gasteiger partial charge in [-0.15, -0.1) is 0 Å². The van der Waals surface area contributed by atoms with E-state index in [1.165, 1.54) is 34.6 Å². The zero-order valence-corrected chi connectivity index (χ0v) is 15.0. The molecule has 26 heavy (non-hydrogen) atoms. The fourth-order valence-corrected chi connectivity index (χ4v) is 4.01. The summed E-state index contributed by atoms with van der Waals surface area (Å²) in [6.45, 7) is 1.86. The van der Waals surface area contributed by atoms with Crippen molar-refractivity contribution in [1.29, 1.82) is 0 Å². The number of benzene rings is 3. The van der Waals surface area contributed by atoms with Crippen LogP contribution in [0, 0.1) is 6.92 Å². The van der Waals surface area contributed by atoms with E-state index in [1.54, 1.807) is 19.1 Å². The zero-order valence-electron chi connectivity index (χ0n) is 14.2. The summed E-state index contributed by atoms with van der Waals surface area (Å²) in [5, 5.41) is 19.5. The molecule has 3 rings (SSSR count). The number of rotatable bonds is 5. The molecule has 0 unspecified atom stereocenters. The highest BCUT2D eigenvalue weighted by atomic mass is 32.2. The van der Waals surface area contributed by atoms with Gasteiger partial charge in [0.25, 0.3) is 10.0 Å². The van der Waals surface area contributed by atoms with Crippen molar-refractivity contribution in [2.45, 2.75) is 18.4 Å². The van der Waals surface area contributed by atoms with Crippen LogP contribution in [-0.4, -0.2) is 18.6 Å². The van der Waals surface area contributed by atoms with Gasteiger partial charge in [0.2, 0.25) is 0 Å². The van der Waals surface area contributed by atoms with Gasteiger partial charge in [-0.05, 0) is 48.4 Å². The van der Waals surface area contributed by atoms with E-state index in [-0.39, 0.29) is 22.9 Å². The lowest BCUT2D eigenvalue weighted by Gasteiger charge is -2.25. The van der Waals surface area contributed by atoms with E-state index in [0.717, 1.165) is 5.56 Å². The summed E-state index contributed by atoms with van der Waals surface area (Å²) in [5.41, 5.74) is 1.84. The maximum atomic E-state index is 13.2. The number of phenolic OH excluding ortho intramolecular Hbond substituents is 2. The topological polar surface area (TPSA) is 77.8 Å². The SMILES string of the molecule is Cc1ccc(N(Cc2ccccc2)S(=O)(=O)c2ccc(O)cc2)cc1O. The molecule has 0 heterocycles. The van der Waals surface area contributed by atoms with Gasteiger partial charge in [0.1, 0.15) is 11.5 Å². The molecule has 0 amide bonds. The molecule has 5 nitrogen and oxygen atoms in total. The third kappa shape index (κ3) is 3.65. The fraction of sp³-hybridized carbons (Fsp3) is 0.100. The summed E-state index contributed by atoms with van der Waals surface area (Å²) in [7, 11) is -3.89. The standard InChI is InChI=1S/C20H19NO4S/c1-15-7-8-17(13-20(15)23)21(14-16-5-3-2-4-6-16)26(24,25)19-11-9-18(22)10-12-19/h2-13,22-23H,14H2,1H3. The Morgan fingerprint density at radius 2 is 1.54 bits per heavy atom. The minimum absolute atomic E-state index is 0.00783. The quantitative estimate of drug-likeness (QED) is 0.717. The smallest absolute Gasteiger partial charge is 0.264 e. The Morgan fingerprint density at radius 3 is 2.15 bits per heavy atom. The molecule has 2 N–H and O–H groups in total. The van der Waals surface area contributed by atoms with Crippen molar-refractivity contribution in [3.8, 4) is 11.5 Å². The van der Waals surface area contributed by atoms with Gasteiger partial charge in [0, 0.05) is 6.07 Å². The van der Waals surface area contributed by atoms with Crippen molar-refractivity contribution in [1.82, 2.24) is 0 Å². The monoisotopic (exact) mass is 369 g/mol. The summed E-state index contributed by atoms with van der Waals surface area (Å²) >= 11 is 0. The lowest BCUT2D eigenvalue weighted by Crippen LogP contribution is -2.30. The Morgan fingerprint density at radius 1 is 0.885 bits per heavy atom. The number of hydrogen-bond donors (Lipinski definition) is 2. The first-order valence-electron chi connectivity index (χ1n) is 8.03. The number of aromatic hydroxyl groups is 2. The summed E-state index contributed by atoms with van der Waals surface area (Å²) < 4.78 is 27.7. The highest BCUT2D eigenvalue weighted by molar-refractivity contribution is 7.92. The second-order valence-electron chi connectivity index (χ2n) is 5.96. The molecule has 0 radical (unpaired) electrons. The molecule has 0 atom stereocenters. The molecule has 0 bridgehead atoms. The molecule has 0 aliphatic heterocycles. The molecule has 0 saturated heterocycles. The van der Waals surface area contributed by atoms with Crippen LogP contribution >= 0.6 is 0 Å². The first-order valence-corrected chi connectivity index (χ1v) is 9.47. The van der Waals surface area contributed by atoms with Crippen molar-refractivity contribution >= 4 is 15.7 Å². The number of phenols is 2. The van der Waals surface area contributed by atoms with Crippen LogP contribution < -0.4 is 4.31 Å².